The Morgan fingerprint density at radius 3 is 2.41 bits per heavy atom. The maximum absolute atomic E-state index is 11.6. The van der Waals surface area contributed by atoms with Gasteiger partial charge in [-0.1, -0.05) is 30.3 Å². The fourth-order valence-electron chi connectivity index (χ4n) is 1.24. The number of carbonyl (C=O) groups excluding carboxylic acids is 1. The Labute approximate surface area is 100 Å². The number of hydrogen-bond acceptors (Lipinski definition) is 5. The Morgan fingerprint density at radius 1 is 1.29 bits per heavy atom. The first kappa shape index (κ1) is 13.7. The fourth-order valence-corrected chi connectivity index (χ4v) is 2.42. The van der Waals surface area contributed by atoms with Crippen LogP contribution in [-0.4, -0.2) is 27.6 Å². The Morgan fingerprint density at radius 2 is 1.88 bits per heavy atom. The van der Waals surface area contributed by atoms with E-state index in [2.05, 4.69) is 4.74 Å². The molecule has 0 heterocycles. The minimum absolute atomic E-state index is 0.269. The van der Waals surface area contributed by atoms with Crippen LogP contribution in [0, 0.1) is 0 Å². The third-order valence-corrected chi connectivity index (χ3v) is 3.28. The van der Waals surface area contributed by atoms with Gasteiger partial charge in [0.15, 0.2) is 6.10 Å². The molecule has 0 radical (unpaired) electrons. The van der Waals surface area contributed by atoms with Crippen LogP contribution in [0.2, 0.25) is 0 Å². The summed E-state index contributed by atoms with van der Waals surface area (Å²) in [6.07, 6.45) is -1.13. The molecule has 1 aromatic rings. The van der Waals surface area contributed by atoms with Gasteiger partial charge in [-0.25, -0.2) is 4.79 Å². The summed E-state index contributed by atoms with van der Waals surface area (Å²) in [6, 6.07) is 8.59. The highest BCUT2D eigenvalue weighted by molar-refractivity contribution is 7.85. The number of hydrogen-bond donors (Lipinski definition) is 0. The van der Waals surface area contributed by atoms with Crippen LogP contribution in [0.25, 0.3) is 0 Å². The molecule has 5 nitrogen and oxygen atoms in total. The molecule has 0 aromatic heterocycles. The third kappa shape index (κ3) is 4.54. The van der Waals surface area contributed by atoms with Crippen LogP contribution in [-0.2, 0) is 29.6 Å². The Bertz CT molecular complexity index is 466. The van der Waals surface area contributed by atoms with E-state index >= 15 is 0 Å². The Hall–Kier alpha value is -1.40. The molecule has 0 fully saturated rings. The van der Waals surface area contributed by atoms with Crippen molar-refractivity contribution in [3.8, 4) is 0 Å². The molecular weight excluding hydrogens is 244 g/mol. The van der Waals surface area contributed by atoms with E-state index in [0.29, 0.717) is 5.56 Å². The van der Waals surface area contributed by atoms with Gasteiger partial charge >= 0.3 is 5.97 Å². The third-order valence-electron chi connectivity index (χ3n) is 2.01. The van der Waals surface area contributed by atoms with E-state index in [1.54, 1.807) is 30.3 Å². The maximum atomic E-state index is 11.6. The second-order valence-electron chi connectivity index (χ2n) is 3.45. The molecule has 0 aliphatic rings. The summed E-state index contributed by atoms with van der Waals surface area (Å²) in [4.78, 5) is 11.0. The van der Waals surface area contributed by atoms with Crippen molar-refractivity contribution >= 4 is 16.1 Å². The zero-order valence-corrected chi connectivity index (χ0v) is 10.4. The van der Waals surface area contributed by atoms with Gasteiger partial charge in [-0.2, -0.15) is 8.42 Å². The average Bonchev–Trinajstić information content (AvgIpc) is 2.27. The van der Waals surface area contributed by atoms with Gasteiger partial charge in [0.2, 0.25) is 0 Å². The molecule has 0 saturated carbocycles. The van der Waals surface area contributed by atoms with Crippen molar-refractivity contribution in [1.29, 1.82) is 0 Å². The van der Waals surface area contributed by atoms with E-state index in [1.165, 1.54) is 14.0 Å². The Kier molecular flexibility index (Phi) is 4.65. The van der Waals surface area contributed by atoms with Crippen LogP contribution in [0.4, 0.5) is 0 Å². The van der Waals surface area contributed by atoms with Gasteiger partial charge in [-0.05, 0) is 12.5 Å². The molecule has 1 aromatic carbocycles. The fraction of sp³-hybridized carbons (Fsp3) is 0.364. The standard InChI is InChI=1S/C11H14O5S/c1-9(11(12)15-2)16-17(13,14)8-10-6-4-3-5-7-10/h3-7,9H,8H2,1-2H3. The molecule has 0 N–H and O–H groups in total. The van der Waals surface area contributed by atoms with Crippen LogP contribution in [0.1, 0.15) is 12.5 Å². The number of benzene rings is 1. The lowest BCUT2D eigenvalue weighted by atomic mass is 10.2. The first-order valence-corrected chi connectivity index (χ1v) is 6.55. The highest BCUT2D eigenvalue weighted by atomic mass is 32.2. The SMILES string of the molecule is COC(=O)C(C)OS(=O)(=O)Cc1ccccc1. The Balaban J connectivity index is 2.67. The largest absolute Gasteiger partial charge is 0.467 e. The summed E-state index contributed by atoms with van der Waals surface area (Å²) in [5, 5.41) is 0. The van der Waals surface area contributed by atoms with E-state index in [9.17, 15) is 13.2 Å². The van der Waals surface area contributed by atoms with Gasteiger partial charge in [0.1, 0.15) is 5.75 Å². The summed E-state index contributed by atoms with van der Waals surface area (Å²) in [5.74, 6) is -0.989. The second kappa shape index (κ2) is 5.79. The predicted octanol–water partition coefficient (Wildman–Crippen LogP) is 1.09. The van der Waals surface area contributed by atoms with E-state index in [1.807, 2.05) is 0 Å². The highest BCUT2D eigenvalue weighted by Crippen LogP contribution is 2.10. The molecule has 0 spiro atoms. The van der Waals surface area contributed by atoms with Crippen LogP contribution < -0.4 is 0 Å². The zero-order valence-electron chi connectivity index (χ0n) is 9.62. The molecule has 94 valence electrons. The van der Waals surface area contributed by atoms with E-state index < -0.39 is 22.2 Å². The smallest absolute Gasteiger partial charge is 0.336 e. The molecule has 0 saturated heterocycles. The summed E-state index contributed by atoms with van der Waals surface area (Å²) in [6.45, 7) is 1.33. The van der Waals surface area contributed by atoms with Gasteiger partial charge in [0.05, 0.1) is 7.11 Å². The first-order chi connectivity index (χ1) is 7.94. The molecule has 1 unspecified atom stereocenters. The molecule has 17 heavy (non-hydrogen) atoms. The van der Waals surface area contributed by atoms with Crippen molar-refractivity contribution in [2.75, 3.05) is 7.11 Å². The molecule has 0 bridgehead atoms. The van der Waals surface area contributed by atoms with Crippen molar-refractivity contribution in [3.05, 3.63) is 35.9 Å². The van der Waals surface area contributed by atoms with Crippen molar-refractivity contribution in [3.63, 3.8) is 0 Å². The van der Waals surface area contributed by atoms with Crippen molar-refractivity contribution in [2.24, 2.45) is 0 Å². The van der Waals surface area contributed by atoms with Gasteiger partial charge in [-0.3, -0.25) is 4.18 Å². The monoisotopic (exact) mass is 258 g/mol. The van der Waals surface area contributed by atoms with Crippen molar-refractivity contribution < 1.29 is 22.1 Å². The van der Waals surface area contributed by atoms with Crippen LogP contribution in [0.3, 0.4) is 0 Å². The lowest BCUT2D eigenvalue weighted by molar-refractivity contribution is -0.147. The molecule has 1 rings (SSSR count). The zero-order chi connectivity index (χ0) is 12.9. The molecule has 1 atom stereocenters. The molecule has 0 amide bonds. The topological polar surface area (TPSA) is 69.7 Å². The van der Waals surface area contributed by atoms with Gasteiger partial charge in [0.25, 0.3) is 10.1 Å². The minimum atomic E-state index is -3.79. The molecular formula is C11H14O5S. The number of methoxy groups -OCH3 is 1. The highest BCUT2D eigenvalue weighted by Gasteiger charge is 2.22. The number of ether oxygens (including phenoxy) is 1. The van der Waals surface area contributed by atoms with Crippen LogP contribution in [0.5, 0.6) is 0 Å². The van der Waals surface area contributed by atoms with Crippen LogP contribution >= 0.6 is 0 Å². The van der Waals surface area contributed by atoms with Crippen molar-refractivity contribution in [1.82, 2.24) is 0 Å². The molecule has 6 heteroatoms. The van der Waals surface area contributed by atoms with E-state index in [-0.39, 0.29) is 5.75 Å². The first-order valence-electron chi connectivity index (χ1n) is 4.97. The number of rotatable bonds is 5. The maximum Gasteiger partial charge on any atom is 0.336 e. The predicted molar refractivity (Wildman–Crippen MR) is 61.6 cm³/mol. The van der Waals surface area contributed by atoms with Gasteiger partial charge in [-0.15, -0.1) is 0 Å². The van der Waals surface area contributed by atoms with Gasteiger partial charge in [0, 0.05) is 0 Å². The van der Waals surface area contributed by atoms with E-state index in [4.69, 9.17) is 4.18 Å². The van der Waals surface area contributed by atoms with Crippen molar-refractivity contribution in [2.45, 2.75) is 18.8 Å². The van der Waals surface area contributed by atoms with Gasteiger partial charge < -0.3 is 4.74 Å². The summed E-state index contributed by atoms with van der Waals surface area (Å²) < 4.78 is 32.3. The summed E-state index contributed by atoms with van der Waals surface area (Å²) >= 11 is 0. The summed E-state index contributed by atoms with van der Waals surface area (Å²) in [5.41, 5.74) is 0.601. The number of esters is 1. The minimum Gasteiger partial charge on any atom is -0.467 e. The second-order valence-corrected chi connectivity index (χ2v) is 5.05. The quantitative estimate of drug-likeness (QED) is 0.584. The molecule has 0 aliphatic carbocycles. The lowest BCUT2D eigenvalue weighted by Gasteiger charge is -2.10. The summed E-state index contributed by atoms with van der Waals surface area (Å²) in [7, 11) is -2.62. The lowest BCUT2D eigenvalue weighted by Crippen LogP contribution is -2.26. The average molecular weight is 258 g/mol. The normalized spacial score (nSPS) is 13.1. The molecule has 0 aliphatic heterocycles. The van der Waals surface area contributed by atoms with E-state index in [0.717, 1.165) is 0 Å². The van der Waals surface area contributed by atoms with Crippen LogP contribution in [0.15, 0.2) is 30.3 Å². The number of carbonyl (C=O) groups is 1.